The van der Waals surface area contributed by atoms with Crippen LogP contribution in [0.3, 0.4) is 0 Å². The SMILES string of the molecule is Cn1cccc1C(O)CCNS(=O)(=O)c1ccccc1[N+](=O)[O-]. The summed E-state index contributed by atoms with van der Waals surface area (Å²) < 4.78 is 28.4. The molecule has 0 saturated carbocycles. The van der Waals surface area contributed by atoms with Crippen LogP contribution in [0.4, 0.5) is 5.69 Å². The highest BCUT2D eigenvalue weighted by Gasteiger charge is 2.25. The van der Waals surface area contributed by atoms with Crippen molar-refractivity contribution in [1.29, 1.82) is 0 Å². The molecule has 0 aliphatic rings. The van der Waals surface area contributed by atoms with Gasteiger partial charge >= 0.3 is 0 Å². The maximum Gasteiger partial charge on any atom is 0.289 e. The molecule has 2 rings (SSSR count). The highest BCUT2D eigenvalue weighted by atomic mass is 32.2. The Bertz CT molecular complexity index is 800. The first-order chi connectivity index (χ1) is 10.8. The number of rotatable bonds is 7. The van der Waals surface area contributed by atoms with Gasteiger partial charge in [0.1, 0.15) is 0 Å². The van der Waals surface area contributed by atoms with E-state index in [-0.39, 0.29) is 13.0 Å². The minimum atomic E-state index is -4.02. The molecule has 1 atom stereocenters. The minimum Gasteiger partial charge on any atom is -0.387 e. The van der Waals surface area contributed by atoms with E-state index in [1.54, 1.807) is 29.9 Å². The molecule has 2 aromatic rings. The molecule has 1 aromatic heterocycles. The Morgan fingerprint density at radius 2 is 2.00 bits per heavy atom. The number of nitrogens with zero attached hydrogens (tertiary/aromatic N) is 2. The zero-order valence-electron chi connectivity index (χ0n) is 12.4. The van der Waals surface area contributed by atoms with Gasteiger partial charge in [-0.15, -0.1) is 0 Å². The first-order valence-corrected chi connectivity index (χ1v) is 8.33. The monoisotopic (exact) mass is 339 g/mol. The number of benzene rings is 1. The molecule has 0 spiro atoms. The molecule has 1 heterocycles. The average molecular weight is 339 g/mol. The molecule has 23 heavy (non-hydrogen) atoms. The second kappa shape index (κ2) is 6.90. The summed E-state index contributed by atoms with van der Waals surface area (Å²) >= 11 is 0. The van der Waals surface area contributed by atoms with E-state index in [1.165, 1.54) is 18.2 Å². The highest BCUT2D eigenvalue weighted by molar-refractivity contribution is 7.89. The number of hydrogen-bond donors (Lipinski definition) is 2. The van der Waals surface area contributed by atoms with Crippen LogP contribution in [-0.4, -0.2) is 29.6 Å². The number of nitro benzene ring substituents is 1. The quantitative estimate of drug-likeness (QED) is 0.583. The molecule has 0 amide bonds. The number of nitrogens with one attached hydrogen (secondary N) is 1. The summed E-state index contributed by atoms with van der Waals surface area (Å²) in [7, 11) is -2.25. The van der Waals surface area contributed by atoms with E-state index in [0.717, 1.165) is 6.07 Å². The summed E-state index contributed by atoms with van der Waals surface area (Å²) in [6.45, 7) is -0.0409. The van der Waals surface area contributed by atoms with E-state index in [9.17, 15) is 23.6 Å². The lowest BCUT2D eigenvalue weighted by atomic mass is 10.2. The number of hydrogen-bond acceptors (Lipinski definition) is 5. The number of aryl methyl sites for hydroxylation is 1. The summed E-state index contributed by atoms with van der Waals surface area (Å²) in [4.78, 5) is 9.78. The lowest BCUT2D eigenvalue weighted by molar-refractivity contribution is -0.387. The topological polar surface area (TPSA) is 114 Å². The molecule has 0 bridgehead atoms. The second-order valence-electron chi connectivity index (χ2n) is 4.97. The fourth-order valence-electron chi connectivity index (χ4n) is 2.21. The van der Waals surface area contributed by atoms with Crippen LogP contribution in [0.2, 0.25) is 0 Å². The van der Waals surface area contributed by atoms with Crippen molar-refractivity contribution in [1.82, 2.24) is 9.29 Å². The number of para-hydroxylation sites is 1. The van der Waals surface area contributed by atoms with E-state index >= 15 is 0 Å². The van der Waals surface area contributed by atoms with Crippen LogP contribution < -0.4 is 4.72 Å². The first-order valence-electron chi connectivity index (χ1n) is 6.85. The van der Waals surface area contributed by atoms with Crippen molar-refractivity contribution in [3.05, 3.63) is 58.4 Å². The van der Waals surface area contributed by atoms with Crippen molar-refractivity contribution in [2.24, 2.45) is 7.05 Å². The van der Waals surface area contributed by atoms with Crippen molar-refractivity contribution in [2.45, 2.75) is 17.4 Å². The Balaban J connectivity index is 2.05. The van der Waals surface area contributed by atoms with Gasteiger partial charge in [0.25, 0.3) is 5.69 Å². The number of aliphatic hydroxyl groups excluding tert-OH is 1. The standard InChI is InChI=1S/C14H17N3O5S/c1-16-10-4-6-11(16)13(18)8-9-15-23(21,22)14-7-3-2-5-12(14)17(19)20/h2-7,10,13,15,18H,8-9H2,1H3. The van der Waals surface area contributed by atoms with Crippen molar-refractivity contribution in [2.75, 3.05) is 6.54 Å². The van der Waals surface area contributed by atoms with Gasteiger partial charge in [-0.25, -0.2) is 13.1 Å². The fraction of sp³-hybridized carbons (Fsp3) is 0.286. The summed E-state index contributed by atoms with van der Waals surface area (Å²) in [6.07, 6.45) is 1.09. The maximum atomic E-state index is 12.2. The van der Waals surface area contributed by atoms with Gasteiger partial charge in [0.15, 0.2) is 4.90 Å². The summed E-state index contributed by atoms with van der Waals surface area (Å²) in [5, 5.41) is 21.0. The Kier molecular flexibility index (Phi) is 5.14. The molecule has 2 N–H and O–H groups in total. The highest BCUT2D eigenvalue weighted by Crippen LogP contribution is 2.23. The van der Waals surface area contributed by atoms with Crippen LogP contribution in [0.25, 0.3) is 0 Å². The Hall–Kier alpha value is -2.23. The van der Waals surface area contributed by atoms with Crippen LogP contribution in [0.15, 0.2) is 47.5 Å². The molecule has 1 unspecified atom stereocenters. The molecule has 0 aliphatic carbocycles. The summed E-state index contributed by atoms with van der Waals surface area (Å²) in [5.41, 5.74) is 0.179. The molecule has 0 radical (unpaired) electrons. The van der Waals surface area contributed by atoms with Crippen LogP contribution in [0, 0.1) is 10.1 Å². The molecule has 0 fully saturated rings. The van der Waals surface area contributed by atoms with Gasteiger partial charge < -0.3 is 9.67 Å². The zero-order chi connectivity index (χ0) is 17.0. The third kappa shape index (κ3) is 3.95. The van der Waals surface area contributed by atoms with Crippen molar-refractivity contribution < 1.29 is 18.4 Å². The van der Waals surface area contributed by atoms with E-state index in [1.807, 2.05) is 0 Å². The fourth-order valence-corrected chi connectivity index (χ4v) is 3.43. The van der Waals surface area contributed by atoms with Gasteiger partial charge in [-0.05, 0) is 24.6 Å². The normalized spacial score (nSPS) is 13.0. The second-order valence-corrected chi connectivity index (χ2v) is 6.71. The van der Waals surface area contributed by atoms with E-state index in [4.69, 9.17) is 0 Å². The smallest absolute Gasteiger partial charge is 0.289 e. The molecule has 0 aliphatic heterocycles. The number of nitro groups is 1. The van der Waals surface area contributed by atoms with Crippen LogP contribution in [-0.2, 0) is 17.1 Å². The predicted octanol–water partition coefficient (Wildman–Crippen LogP) is 1.34. The molecule has 0 saturated heterocycles. The van der Waals surface area contributed by atoms with Gasteiger partial charge in [0.05, 0.1) is 11.0 Å². The lowest BCUT2D eigenvalue weighted by Gasteiger charge is -2.13. The third-order valence-corrected chi connectivity index (χ3v) is 4.90. The van der Waals surface area contributed by atoms with E-state index in [2.05, 4.69) is 4.72 Å². The molecule has 8 nitrogen and oxygen atoms in total. The van der Waals surface area contributed by atoms with Gasteiger partial charge in [-0.1, -0.05) is 12.1 Å². The van der Waals surface area contributed by atoms with Gasteiger partial charge in [0, 0.05) is 31.5 Å². The Morgan fingerprint density at radius 3 is 2.61 bits per heavy atom. The van der Waals surface area contributed by atoms with Crippen LogP contribution in [0.1, 0.15) is 18.2 Å². The molecule has 1 aromatic carbocycles. The Morgan fingerprint density at radius 1 is 1.30 bits per heavy atom. The third-order valence-electron chi connectivity index (χ3n) is 3.39. The number of aromatic nitrogens is 1. The summed E-state index contributed by atoms with van der Waals surface area (Å²) in [5.74, 6) is 0. The minimum absolute atomic E-state index is 0.0409. The van der Waals surface area contributed by atoms with E-state index < -0.39 is 31.6 Å². The number of sulfonamides is 1. The summed E-state index contributed by atoms with van der Waals surface area (Å²) in [6, 6.07) is 8.63. The largest absolute Gasteiger partial charge is 0.387 e. The van der Waals surface area contributed by atoms with E-state index in [0.29, 0.717) is 5.69 Å². The Labute approximate surface area is 133 Å². The average Bonchev–Trinajstić information content (AvgIpc) is 2.93. The van der Waals surface area contributed by atoms with Crippen molar-refractivity contribution >= 4 is 15.7 Å². The van der Waals surface area contributed by atoms with Crippen molar-refractivity contribution in [3.8, 4) is 0 Å². The van der Waals surface area contributed by atoms with Crippen molar-refractivity contribution in [3.63, 3.8) is 0 Å². The van der Waals surface area contributed by atoms with Gasteiger partial charge in [0.2, 0.25) is 10.0 Å². The number of aliphatic hydroxyl groups is 1. The molecule has 9 heteroatoms. The lowest BCUT2D eigenvalue weighted by Crippen LogP contribution is -2.26. The van der Waals surface area contributed by atoms with Crippen LogP contribution >= 0.6 is 0 Å². The molecule has 124 valence electrons. The van der Waals surface area contributed by atoms with Crippen LogP contribution in [0.5, 0.6) is 0 Å². The zero-order valence-corrected chi connectivity index (χ0v) is 13.2. The molecular formula is C14H17N3O5S. The first kappa shape index (κ1) is 17.1. The van der Waals surface area contributed by atoms with Gasteiger partial charge in [-0.3, -0.25) is 10.1 Å². The predicted molar refractivity (Wildman–Crippen MR) is 83.3 cm³/mol. The maximum absolute atomic E-state index is 12.2. The van der Waals surface area contributed by atoms with Gasteiger partial charge in [-0.2, -0.15) is 0 Å². The molecular weight excluding hydrogens is 322 g/mol.